The van der Waals surface area contributed by atoms with Crippen LogP contribution in [0, 0.1) is 5.92 Å². The molecule has 1 fully saturated rings. The molecule has 1 aliphatic rings. The molecule has 1 atom stereocenters. The lowest BCUT2D eigenvalue weighted by Gasteiger charge is -2.32. The van der Waals surface area contributed by atoms with E-state index in [1.54, 1.807) is 22.7 Å². The third kappa shape index (κ3) is 2.77. The molecule has 3 heterocycles. The average Bonchev–Trinajstić information content (AvgIpc) is 3.12. The van der Waals surface area contributed by atoms with Crippen LogP contribution >= 0.6 is 22.7 Å². The van der Waals surface area contributed by atoms with Crippen LogP contribution in [-0.2, 0) is 0 Å². The highest BCUT2D eigenvalue weighted by atomic mass is 32.1. The summed E-state index contributed by atoms with van der Waals surface area (Å²) < 4.78 is 3.81. The molecule has 4 rings (SSSR count). The van der Waals surface area contributed by atoms with Gasteiger partial charge in [0.15, 0.2) is 0 Å². The van der Waals surface area contributed by atoms with E-state index in [0.29, 0.717) is 5.92 Å². The van der Waals surface area contributed by atoms with E-state index in [-0.39, 0.29) is 5.91 Å². The van der Waals surface area contributed by atoms with Crippen molar-refractivity contribution >= 4 is 48.1 Å². The molecule has 1 N–H and O–H groups in total. The predicted octanol–water partition coefficient (Wildman–Crippen LogP) is 4.19. The highest BCUT2D eigenvalue weighted by Gasteiger charge is 2.25. The van der Waals surface area contributed by atoms with Crippen LogP contribution in [0.5, 0.6) is 0 Å². The monoisotopic (exact) mass is 344 g/mol. The van der Waals surface area contributed by atoms with Crippen LogP contribution in [0.3, 0.4) is 0 Å². The summed E-state index contributed by atoms with van der Waals surface area (Å²) in [5.41, 5.74) is 0. The number of nitrogens with one attached hydrogen (secondary N) is 1. The summed E-state index contributed by atoms with van der Waals surface area (Å²) in [5.74, 6) is 0.794. The molecule has 23 heavy (non-hydrogen) atoms. The minimum atomic E-state index is 0.211. The lowest BCUT2D eigenvalue weighted by atomic mass is 9.98. The number of thiophene rings is 2. The quantitative estimate of drug-likeness (QED) is 0.773. The van der Waals surface area contributed by atoms with Crippen molar-refractivity contribution in [3.05, 3.63) is 35.2 Å². The van der Waals surface area contributed by atoms with E-state index in [1.807, 2.05) is 11.9 Å². The second kappa shape index (κ2) is 6.23. The molecule has 1 amide bonds. The van der Waals surface area contributed by atoms with Crippen LogP contribution in [0.1, 0.15) is 22.5 Å². The molecule has 120 valence electrons. The van der Waals surface area contributed by atoms with Gasteiger partial charge in [-0.2, -0.15) is 0 Å². The topological polar surface area (TPSA) is 32.3 Å². The summed E-state index contributed by atoms with van der Waals surface area (Å²) in [7, 11) is 1.99. The van der Waals surface area contributed by atoms with Gasteiger partial charge in [0.25, 0.3) is 5.91 Å². The van der Waals surface area contributed by atoms with E-state index in [9.17, 15) is 4.79 Å². The number of likely N-dealkylation sites (tertiary alicyclic amines) is 1. The van der Waals surface area contributed by atoms with Crippen LogP contribution in [0.2, 0.25) is 0 Å². The summed E-state index contributed by atoms with van der Waals surface area (Å²) in [5, 5.41) is 4.52. The first-order valence-corrected chi connectivity index (χ1v) is 9.74. The number of carbonyl (C=O) groups excluding carboxylic acids is 1. The van der Waals surface area contributed by atoms with Gasteiger partial charge in [0.2, 0.25) is 0 Å². The highest BCUT2D eigenvalue weighted by Crippen LogP contribution is 2.39. The molecule has 2 aromatic heterocycles. The Bertz CT molecular complexity index is 849. The largest absolute Gasteiger partial charge is 0.338 e. The van der Waals surface area contributed by atoms with Crippen molar-refractivity contribution in [3.8, 4) is 0 Å². The smallest absolute Gasteiger partial charge is 0.264 e. The molecule has 3 nitrogen and oxygen atoms in total. The van der Waals surface area contributed by atoms with Gasteiger partial charge in [0, 0.05) is 27.9 Å². The van der Waals surface area contributed by atoms with Crippen molar-refractivity contribution in [1.82, 2.24) is 10.2 Å². The Balaban J connectivity index is 1.62. The molecular weight excluding hydrogens is 324 g/mol. The number of fused-ring (bicyclic) bond motifs is 3. The van der Waals surface area contributed by atoms with Gasteiger partial charge in [0.05, 0.1) is 9.58 Å². The van der Waals surface area contributed by atoms with E-state index in [1.165, 1.54) is 25.9 Å². The van der Waals surface area contributed by atoms with E-state index in [2.05, 4.69) is 35.6 Å². The molecule has 0 aliphatic carbocycles. The van der Waals surface area contributed by atoms with Crippen LogP contribution in [0.4, 0.5) is 0 Å². The molecule has 0 saturated carbocycles. The Kier molecular flexibility index (Phi) is 4.09. The first-order chi connectivity index (χ1) is 11.3. The number of benzene rings is 1. The number of rotatable bonds is 3. The SMILES string of the molecule is CNCC1CCCN(C(=O)c2cc3sc4ccccc4c3s2)C1. The van der Waals surface area contributed by atoms with Gasteiger partial charge in [-0.05, 0) is 44.5 Å². The summed E-state index contributed by atoms with van der Waals surface area (Å²) in [4.78, 5) is 15.8. The molecular formula is C18H20N2OS2. The van der Waals surface area contributed by atoms with Crippen molar-refractivity contribution < 1.29 is 4.79 Å². The number of nitrogens with zero attached hydrogens (tertiary/aromatic N) is 1. The second-order valence-corrected chi connectivity index (χ2v) is 8.36. The maximum atomic E-state index is 12.9. The first kappa shape index (κ1) is 15.1. The van der Waals surface area contributed by atoms with Crippen molar-refractivity contribution in [2.75, 3.05) is 26.7 Å². The van der Waals surface area contributed by atoms with E-state index in [4.69, 9.17) is 0 Å². The minimum Gasteiger partial charge on any atom is -0.338 e. The molecule has 5 heteroatoms. The van der Waals surface area contributed by atoms with Crippen molar-refractivity contribution in [2.24, 2.45) is 5.92 Å². The molecule has 1 aliphatic heterocycles. The third-order valence-electron chi connectivity index (χ3n) is 4.56. The van der Waals surface area contributed by atoms with Crippen molar-refractivity contribution in [3.63, 3.8) is 0 Å². The summed E-state index contributed by atoms with van der Waals surface area (Å²) in [6.07, 6.45) is 2.33. The molecule has 3 aromatic rings. The van der Waals surface area contributed by atoms with Crippen LogP contribution in [0.25, 0.3) is 19.5 Å². The van der Waals surface area contributed by atoms with Crippen LogP contribution < -0.4 is 5.32 Å². The Hall–Kier alpha value is -1.43. The lowest BCUT2D eigenvalue weighted by Crippen LogP contribution is -2.42. The first-order valence-electron chi connectivity index (χ1n) is 8.11. The molecule has 1 unspecified atom stereocenters. The zero-order valence-corrected chi connectivity index (χ0v) is 14.8. The Labute approximate surface area is 143 Å². The summed E-state index contributed by atoms with van der Waals surface area (Å²) >= 11 is 3.44. The fraction of sp³-hybridized carbons (Fsp3) is 0.389. The van der Waals surface area contributed by atoms with Gasteiger partial charge in [-0.1, -0.05) is 18.2 Å². The number of hydrogen-bond donors (Lipinski definition) is 1. The maximum Gasteiger partial charge on any atom is 0.264 e. The standard InChI is InChI=1S/C18H20N2OS2/c1-19-10-12-5-4-8-20(11-12)18(21)16-9-15-17(23-16)13-6-2-3-7-14(13)22-15/h2-3,6-7,9,12,19H,4-5,8,10-11H2,1H3. The second-order valence-electron chi connectivity index (χ2n) is 6.22. The summed E-state index contributed by atoms with van der Waals surface area (Å²) in [6.45, 7) is 2.77. The molecule has 0 radical (unpaired) electrons. The van der Waals surface area contributed by atoms with Gasteiger partial charge in [0.1, 0.15) is 0 Å². The van der Waals surface area contributed by atoms with E-state index >= 15 is 0 Å². The Morgan fingerprint density at radius 3 is 3.04 bits per heavy atom. The Morgan fingerprint density at radius 1 is 1.30 bits per heavy atom. The zero-order chi connectivity index (χ0) is 15.8. The van der Waals surface area contributed by atoms with Crippen LogP contribution in [0.15, 0.2) is 30.3 Å². The van der Waals surface area contributed by atoms with E-state index in [0.717, 1.165) is 30.9 Å². The van der Waals surface area contributed by atoms with Gasteiger partial charge < -0.3 is 10.2 Å². The maximum absolute atomic E-state index is 12.9. The van der Waals surface area contributed by atoms with Crippen molar-refractivity contribution in [2.45, 2.75) is 12.8 Å². The predicted molar refractivity (Wildman–Crippen MR) is 99.8 cm³/mol. The molecule has 1 saturated heterocycles. The summed E-state index contributed by atoms with van der Waals surface area (Å²) in [6, 6.07) is 10.5. The minimum absolute atomic E-state index is 0.211. The lowest BCUT2D eigenvalue weighted by molar-refractivity contribution is 0.0679. The van der Waals surface area contributed by atoms with Gasteiger partial charge >= 0.3 is 0 Å². The number of carbonyl (C=O) groups is 1. The number of amides is 1. The van der Waals surface area contributed by atoms with Gasteiger partial charge in [-0.3, -0.25) is 4.79 Å². The normalized spacial score (nSPS) is 18.8. The highest BCUT2D eigenvalue weighted by molar-refractivity contribution is 7.33. The molecule has 1 aromatic carbocycles. The van der Waals surface area contributed by atoms with Crippen molar-refractivity contribution in [1.29, 1.82) is 0 Å². The molecule has 0 bridgehead atoms. The zero-order valence-electron chi connectivity index (χ0n) is 13.2. The molecule has 0 spiro atoms. The van der Waals surface area contributed by atoms with Gasteiger partial charge in [-0.25, -0.2) is 0 Å². The fourth-order valence-electron chi connectivity index (χ4n) is 3.47. The van der Waals surface area contributed by atoms with Crippen LogP contribution in [-0.4, -0.2) is 37.5 Å². The number of piperidine rings is 1. The van der Waals surface area contributed by atoms with E-state index < -0.39 is 0 Å². The average molecular weight is 345 g/mol. The third-order valence-corrected chi connectivity index (χ3v) is 6.96. The number of hydrogen-bond acceptors (Lipinski definition) is 4. The van der Waals surface area contributed by atoms with Gasteiger partial charge in [-0.15, -0.1) is 22.7 Å². The Morgan fingerprint density at radius 2 is 2.17 bits per heavy atom. The fourth-order valence-corrected chi connectivity index (χ4v) is 5.96.